The maximum atomic E-state index is 12.4. The van der Waals surface area contributed by atoms with Crippen molar-refractivity contribution in [1.29, 1.82) is 0 Å². The maximum absolute atomic E-state index is 12.4. The Kier molecular flexibility index (Phi) is 2.94. The first-order valence-electron chi connectivity index (χ1n) is 7.58. The first-order chi connectivity index (χ1) is 10.2. The Balaban J connectivity index is 1.49. The molecule has 3 aliphatic rings. The van der Waals surface area contributed by atoms with E-state index >= 15 is 0 Å². The molecule has 0 spiro atoms. The number of hydrogen-bond acceptors (Lipinski definition) is 4. The molecule has 3 heterocycles. The summed E-state index contributed by atoms with van der Waals surface area (Å²) in [5, 5.41) is 10.8. The first-order valence-corrected chi connectivity index (χ1v) is 7.58. The van der Waals surface area contributed by atoms with Gasteiger partial charge in [-0.2, -0.15) is 0 Å². The van der Waals surface area contributed by atoms with Crippen molar-refractivity contribution in [2.75, 3.05) is 0 Å². The Hall–Kier alpha value is -1.59. The molecule has 5 nitrogen and oxygen atoms in total. The highest BCUT2D eigenvalue weighted by Crippen LogP contribution is 2.52. The monoisotopic (exact) mass is 289 g/mol. The Bertz CT molecular complexity index is 548. The maximum Gasteiger partial charge on any atom is 0.412 e. The van der Waals surface area contributed by atoms with E-state index in [4.69, 9.17) is 9.47 Å². The summed E-state index contributed by atoms with van der Waals surface area (Å²) in [4.78, 5) is 14.0. The molecule has 4 atom stereocenters. The molecule has 0 saturated carbocycles. The molecule has 4 rings (SSSR count). The minimum Gasteiger partial charge on any atom is -0.444 e. The summed E-state index contributed by atoms with van der Waals surface area (Å²) in [6, 6.07) is 9.54. The standard InChI is InChI=1S/C16H19NO4/c18-15(20-10-11-6-2-1-3-7-11)17-12-8-4-5-9-16(17,19)14-13(12)21-14/h1-3,6-7,12-14,19H,4-5,8-10H2/t12-,13-,14-,16-/m0/s1. The molecule has 0 aromatic heterocycles. The van der Waals surface area contributed by atoms with Crippen molar-refractivity contribution in [2.45, 2.75) is 56.3 Å². The van der Waals surface area contributed by atoms with E-state index in [1.54, 1.807) is 4.90 Å². The van der Waals surface area contributed by atoms with E-state index in [1.807, 2.05) is 30.3 Å². The van der Waals surface area contributed by atoms with Gasteiger partial charge in [-0.3, -0.25) is 4.90 Å². The third-order valence-corrected chi connectivity index (χ3v) is 4.81. The number of fused-ring (bicyclic) bond motifs is 5. The lowest BCUT2D eigenvalue weighted by molar-refractivity contribution is -0.124. The van der Waals surface area contributed by atoms with Gasteiger partial charge in [-0.25, -0.2) is 4.79 Å². The van der Waals surface area contributed by atoms with Crippen LogP contribution in [0.5, 0.6) is 0 Å². The van der Waals surface area contributed by atoms with Gasteiger partial charge in [0.1, 0.15) is 18.8 Å². The SMILES string of the molecule is O=C(OCc1ccccc1)N1[C@H]2CCCC[C@]1(O)[C@H]1O[C@@H]21. The fourth-order valence-electron chi connectivity index (χ4n) is 3.74. The molecule has 3 aliphatic heterocycles. The lowest BCUT2D eigenvalue weighted by atomic mass is 9.99. The molecule has 3 fully saturated rings. The van der Waals surface area contributed by atoms with E-state index in [1.165, 1.54) is 0 Å². The Morgan fingerprint density at radius 1 is 1.38 bits per heavy atom. The summed E-state index contributed by atoms with van der Waals surface area (Å²) in [5.41, 5.74) is -0.221. The molecule has 1 amide bonds. The van der Waals surface area contributed by atoms with Crippen molar-refractivity contribution in [3.05, 3.63) is 35.9 Å². The molecule has 5 heteroatoms. The molecule has 1 N–H and O–H groups in total. The summed E-state index contributed by atoms with van der Waals surface area (Å²) in [6.07, 6.45) is 2.75. The van der Waals surface area contributed by atoms with Gasteiger partial charge in [0, 0.05) is 0 Å². The minimum absolute atomic E-state index is 0.000393. The number of aliphatic hydroxyl groups is 1. The normalized spacial score (nSPS) is 36.8. The summed E-state index contributed by atoms with van der Waals surface area (Å²) >= 11 is 0. The molecule has 0 radical (unpaired) electrons. The molecular formula is C16H19NO4. The van der Waals surface area contributed by atoms with Gasteiger partial charge in [-0.15, -0.1) is 0 Å². The van der Waals surface area contributed by atoms with Gasteiger partial charge < -0.3 is 14.6 Å². The molecule has 112 valence electrons. The average Bonchev–Trinajstić information content (AvgIpc) is 3.25. The fraction of sp³-hybridized carbons (Fsp3) is 0.562. The second-order valence-corrected chi connectivity index (χ2v) is 6.12. The summed E-state index contributed by atoms with van der Waals surface area (Å²) < 4.78 is 11.0. The number of morpholine rings is 1. The zero-order valence-electron chi connectivity index (χ0n) is 11.8. The average molecular weight is 289 g/mol. The molecule has 0 unspecified atom stereocenters. The topological polar surface area (TPSA) is 62.3 Å². The predicted octanol–water partition coefficient (Wildman–Crippen LogP) is 2.04. The fourth-order valence-corrected chi connectivity index (χ4v) is 3.74. The highest BCUT2D eigenvalue weighted by molar-refractivity contribution is 5.70. The number of ether oxygens (including phenoxy) is 2. The molecule has 0 aliphatic carbocycles. The second-order valence-electron chi connectivity index (χ2n) is 6.12. The van der Waals surface area contributed by atoms with Crippen LogP contribution in [0.1, 0.15) is 31.2 Å². The van der Waals surface area contributed by atoms with Gasteiger partial charge in [0.05, 0.1) is 6.04 Å². The smallest absolute Gasteiger partial charge is 0.412 e. The molecule has 1 aromatic rings. The van der Waals surface area contributed by atoms with Crippen LogP contribution in [0.4, 0.5) is 4.79 Å². The van der Waals surface area contributed by atoms with Crippen LogP contribution in [0.15, 0.2) is 30.3 Å². The minimum atomic E-state index is -1.17. The van der Waals surface area contributed by atoms with Crippen molar-refractivity contribution in [2.24, 2.45) is 0 Å². The highest BCUT2D eigenvalue weighted by atomic mass is 16.6. The number of rotatable bonds is 2. The van der Waals surface area contributed by atoms with Crippen molar-refractivity contribution in [1.82, 2.24) is 4.90 Å². The lowest BCUT2D eigenvalue weighted by Crippen LogP contribution is -2.54. The Morgan fingerprint density at radius 2 is 2.19 bits per heavy atom. The van der Waals surface area contributed by atoms with Crippen molar-refractivity contribution < 1.29 is 19.4 Å². The van der Waals surface area contributed by atoms with E-state index in [0.717, 1.165) is 24.8 Å². The molecular weight excluding hydrogens is 270 g/mol. The van der Waals surface area contributed by atoms with Crippen LogP contribution >= 0.6 is 0 Å². The number of hydrogen-bond donors (Lipinski definition) is 1. The number of amides is 1. The lowest BCUT2D eigenvalue weighted by Gasteiger charge is -2.36. The third kappa shape index (κ3) is 2.03. The Labute approximate surface area is 123 Å². The zero-order valence-corrected chi connectivity index (χ0v) is 11.8. The van der Waals surface area contributed by atoms with Gasteiger partial charge in [-0.1, -0.05) is 36.8 Å². The molecule has 21 heavy (non-hydrogen) atoms. The summed E-state index contributed by atoms with van der Waals surface area (Å²) in [6.45, 7) is 0.231. The zero-order chi connectivity index (χ0) is 14.4. The number of carbonyl (C=O) groups excluding carboxylic acids is 1. The second kappa shape index (κ2) is 4.71. The number of epoxide rings is 1. The first kappa shape index (κ1) is 13.1. The number of nitrogens with zero attached hydrogens (tertiary/aromatic N) is 1. The molecule has 1 aromatic carbocycles. The van der Waals surface area contributed by atoms with Gasteiger partial charge in [0.15, 0.2) is 5.72 Å². The number of benzene rings is 1. The third-order valence-electron chi connectivity index (χ3n) is 4.81. The van der Waals surface area contributed by atoms with Gasteiger partial charge in [-0.05, 0) is 24.8 Å². The van der Waals surface area contributed by atoms with Crippen LogP contribution in [-0.4, -0.2) is 40.1 Å². The van der Waals surface area contributed by atoms with Crippen molar-refractivity contribution in [3.8, 4) is 0 Å². The highest BCUT2D eigenvalue weighted by Gasteiger charge is 2.71. The van der Waals surface area contributed by atoms with E-state index in [0.29, 0.717) is 6.42 Å². The van der Waals surface area contributed by atoms with Gasteiger partial charge in [0.25, 0.3) is 0 Å². The quantitative estimate of drug-likeness (QED) is 0.846. The van der Waals surface area contributed by atoms with E-state index < -0.39 is 11.8 Å². The van der Waals surface area contributed by atoms with E-state index in [2.05, 4.69) is 0 Å². The van der Waals surface area contributed by atoms with Crippen LogP contribution in [0, 0.1) is 0 Å². The molecule has 2 bridgehead atoms. The van der Waals surface area contributed by atoms with E-state index in [-0.39, 0.29) is 24.9 Å². The predicted molar refractivity (Wildman–Crippen MR) is 74.3 cm³/mol. The van der Waals surface area contributed by atoms with Gasteiger partial charge >= 0.3 is 6.09 Å². The largest absolute Gasteiger partial charge is 0.444 e. The van der Waals surface area contributed by atoms with Gasteiger partial charge in [0.2, 0.25) is 0 Å². The molecule has 3 saturated heterocycles. The number of carbonyl (C=O) groups is 1. The Morgan fingerprint density at radius 3 is 3.00 bits per heavy atom. The summed E-state index contributed by atoms with van der Waals surface area (Å²) in [7, 11) is 0. The van der Waals surface area contributed by atoms with Crippen molar-refractivity contribution in [3.63, 3.8) is 0 Å². The summed E-state index contributed by atoms with van der Waals surface area (Å²) in [5.74, 6) is 0. The van der Waals surface area contributed by atoms with E-state index in [9.17, 15) is 9.90 Å². The van der Waals surface area contributed by atoms with Crippen LogP contribution in [0.3, 0.4) is 0 Å². The van der Waals surface area contributed by atoms with Crippen LogP contribution in [0.25, 0.3) is 0 Å². The van der Waals surface area contributed by atoms with Crippen molar-refractivity contribution >= 4 is 6.09 Å². The van der Waals surface area contributed by atoms with Crippen LogP contribution < -0.4 is 0 Å². The van der Waals surface area contributed by atoms with Crippen LogP contribution in [-0.2, 0) is 16.1 Å². The van der Waals surface area contributed by atoms with Crippen LogP contribution in [0.2, 0.25) is 0 Å².